The lowest BCUT2D eigenvalue weighted by Crippen LogP contribution is -2.32. The molecule has 0 unspecified atom stereocenters. The van der Waals surface area contributed by atoms with Crippen molar-refractivity contribution < 1.29 is 14.6 Å². The van der Waals surface area contributed by atoms with E-state index < -0.39 is 17.8 Å². The van der Waals surface area contributed by atoms with Gasteiger partial charge in [-0.2, -0.15) is 0 Å². The molecule has 0 radical (unpaired) electrons. The van der Waals surface area contributed by atoms with Crippen LogP contribution in [0.1, 0.15) is 45.1 Å². The van der Waals surface area contributed by atoms with Gasteiger partial charge in [-0.25, -0.2) is 0 Å². The van der Waals surface area contributed by atoms with Gasteiger partial charge in [0.1, 0.15) is 0 Å². The van der Waals surface area contributed by atoms with Crippen molar-refractivity contribution in [1.82, 2.24) is 0 Å². The van der Waals surface area contributed by atoms with Gasteiger partial charge in [0.25, 0.3) is 0 Å². The third kappa shape index (κ3) is 5.91. The molecule has 0 aromatic heterocycles. The summed E-state index contributed by atoms with van der Waals surface area (Å²) in [6.07, 6.45) is 9.38. The van der Waals surface area contributed by atoms with E-state index in [2.05, 4.69) is 12.8 Å². The molecule has 0 bridgehead atoms. The maximum Gasteiger partial charge on any atom is 0.307 e. The Morgan fingerprint density at radius 3 is 2.55 bits per heavy atom. The summed E-state index contributed by atoms with van der Waals surface area (Å²) in [7, 11) is 0. The molecule has 1 aromatic rings. The molecular formula is C19H26O3. The molecule has 3 atom stereocenters. The van der Waals surface area contributed by atoms with Gasteiger partial charge in [0, 0.05) is 0 Å². The monoisotopic (exact) mass is 302 g/mol. The fourth-order valence-electron chi connectivity index (χ4n) is 2.47. The predicted octanol–water partition coefficient (Wildman–Crippen LogP) is 4.12. The minimum atomic E-state index is -0.869. The maximum absolute atomic E-state index is 11.3. The van der Waals surface area contributed by atoms with Crippen molar-refractivity contribution in [3.8, 4) is 12.3 Å². The van der Waals surface area contributed by atoms with Crippen LogP contribution in [0.15, 0.2) is 30.3 Å². The topological polar surface area (TPSA) is 46.5 Å². The van der Waals surface area contributed by atoms with Gasteiger partial charge >= 0.3 is 5.97 Å². The SMILES string of the molecule is C#C[C@H]([C@H](C)C(=O)O)[C@@H](CCCCC)OCc1ccccc1. The molecule has 0 amide bonds. The standard InChI is InChI=1S/C19H26O3/c1-4-6-8-13-18(17(5-2)15(3)19(20)21)22-14-16-11-9-7-10-12-16/h2,7,9-12,15,17-18H,4,6,8,13-14H2,1,3H3,(H,20,21)/t15-,17+,18+/m0/s1. The van der Waals surface area contributed by atoms with Crippen molar-refractivity contribution in [3.05, 3.63) is 35.9 Å². The van der Waals surface area contributed by atoms with Crippen LogP contribution in [0.25, 0.3) is 0 Å². The van der Waals surface area contributed by atoms with Crippen LogP contribution in [0.5, 0.6) is 0 Å². The van der Waals surface area contributed by atoms with Gasteiger partial charge in [-0.15, -0.1) is 6.42 Å². The van der Waals surface area contributed by atoms with Crippen molar-refractivity contribution in [2.45, 2.75) is 52.2 Å². The van der Waals surface area contributed by atoms with Crippen LogP contribution in [0, 0.1) is 24.2 Å². The first-order chi connectivity index (χ1) is 10.6. The molecule has 3 heteroatoms. The van der Waals surface area contributed by atoms with Crippen LogP contribution in [0.3, 0.4) is 0 Å². The van der Waals surface area contributed by atoms with Gasteiger partial charge < -0.3 is 9.84 Å². The van der Waals surface area contributed by atoms with Crippen LogP contribution in [-0.2, 0) is 16.1 Å². The van der Waals surface area contributed by atoms with Crippen molar-refractivity contribution in [2.75, 3.05) is 0 Å². The van der Waals surface area contributed by atoms with Crippen LogP contribution in [-0.4, -0.2) is 17.2 Å². The minimum absolute atomic E-state index is 0.220. The van der Waals surface area contributed by atoms with Gasteiger partial charge in [0.05, 0.1) is 24.5 Å². The highest BCUT2D eigenvalue weighted by molar-refractivity contribution is 5.70. The molecule has 0 aliphatic heterocycles. The predicted molar refractivity (Wildman–Crippen MR) is 88.3 cm³/mol. The molecule has 1 aromatic carbocycles. The van der Waals surface area contributed by atoms with E-state index in [4.69, 9.17) is 11.2 Å². The molecule has 0 heterocycles. The highest BCUT2D eigenvalue weighted by Gasteiger charge is 2.30. The van der Waals surface area contributed by atoms with Crippen molar-refractivity contribution in [2.24, 2.45) is 11.8 Å². The third-order valence-corrected chi connectivity index (χ3v) is 3.92. The Bertz CT molecular complexity index is 475. The lowest BCUT2D eigenvalue weighted by molar-refractivity contribution is -0.144. The summed E-state index contributed by atoms with van der Waals surface area (Å²) in [5.74, 6) is 0.763. The lowest BCUT2D eigenvalue weighted by atomic mass is 9.87. The van der Waals surface area contributed by atoms with Gasteiger partial charge in [0.2, 0.25) is 0 Å². The molecule has 1 rings (SSSR count). The van der Waals surface area contributed by atoms with Gasteiger partial charge in [-0.05, 0) is 12.0 Å². The maximum atomic E-state index is 11.3. The average Bonchev–Trinajstić information content (AvgIpc) is 2.53. The van der Waals surface area contributed by atoms with Crippen LogP contribution < -0.4 is 0 Å². The summed E-state index contributed by atoms with van der Waals surface area (Å²) in [4.78, 5) is 11.3. The Hall–Kier alpha value is -1.79. The molecule has 1 N–H and O–H groups in total. The molecule has 120 valence electrons. The van der Waals surface area contributed by atoms with Crippen molar-refractivity contribution >= 4 is 5.97 Å². The summed E-state index contributed by atoms with van der Waals surface area (Å²) in [6.45, 7) is 4.26. The first-order valence-corrected chi connectivity index (χ1v) is 7.94. The van der Waals surface area contributed by atoms with Crippen LogP contribution in [0.4, 0.5) is 0 Å². The lowest BCUT2D eigenvalue weighted by Gasteiger charge is -2.26. The summed E-state index contributed by atoms with van der Waals surface area (Å²) in [5, 5.41) is 9.24. The van der Waals surface area contributed by atoms with E-state index in [1.807, 2.05) is 30.3 Å². The molecule has 0 saturated carbocycles. The van der Waals surface area contributed by atoms with E-state index in [-0.39, 0.29) is 6.10 Å². The summed E-state index contributed by atoms with van der Waals surface area (Å²) in [5.41, 5.74) is 1.07. The molecule has 3 nitrogen and oxygen atoms in total. The van der Waals surface area contributed by atoms with E-state index >= 15 is 0 Å². The zero-order valence-corrected chi connectivity index (χ0v) is 13.5. The Labute approximate surface area is 133 Å². The molecule has 0 saturated heterocycles. The minimum Gasteiger partial charge on any atom is -0.481 e. The van der Waals surface area contributed by atoms with Gasteiger partial charge in [-0.3, -0.25) is 4.79 Å². The third-order valence-electron chi connectivity index (χ3n) is 3.92. The summed E-state index contributed by atoms with van der Waals surface area (Å²) < 4.78 is 5.99. The normalized spacial score (nSPS) is 14.8. The number of aliphatic carboxylic acids is 1. The number of terminal acetylenes is 1. The Balaban J connectivity index is 2.73. The van der Waals surface area contributed by atoms with E-state index in [0.717, 1.165) is 31.2 Å². The fraction of sp³-hybridized carbons (Fsp3) is 0.526. The molecular weight excluding hydrogens is 276 g/mol. The average molecular weight is 302 g/mol. The number of ether oxygens (including phenoxy) is 1. The second-order valence-corrected chi connectivity index (χ2v) is 5.65. The highest BCUT2D eigenvalue weighted by Crippen LogP contribution is 2.24. The number of rotatable bonds is 10. The molecule has 0 fully saturated rings. The zero-order chi connectivity index (χ0) is 16.4. The number of benzene rings is 1. The summed E-state index contributed by atoms with van der Waals surface area (Å²) >= 11 is 0. The van der Waals surface area contributed by atoms with E-state index in [1.54, 1.807) is 6.92 Å². The number of hydrogen-bond donors (Lipinski definition) is 1. The second kappa shape index (κ2) is 10.0. The smallest absolute Gasteiger partial charge is 0.307 e. The number of carboxylic acids is 1. The molecule has 0 aliphatic rings. The Morgan fingerprint density at radius 2 is 2.00 bits per heavy atom. The number of hydrogen-bond acceptors (Lipinski definition) is 2. The van der Waals surface area contributed by atoms with Gasteiger partial charge in [-0.1, -0.05) is 69.4 Å². The Morgan fingerprint density at radius 1 is 1.32 bits per heavy atom. The van der Waals surface area contributed by atoms with Crippen LogP contribution >= 0.6 is 0 Å². The number of unbranched alkanes of at least 4 members (excludes halogenated alkanes) is 2. The van der Waals surface area contributed by atoms with E-state index in [9.17, 15) is 9.90 Å². The van der Waals surface area contributed by atoms with Crippen molar-refractivity contribution in [1.29, 1.82) is 0 Å². The molecule has 0 spiro atoms. The first-order valence-electron chi connectivity index (χ1n) is 7.94. The number of carbonyl (C=O) groups is 1. The van der Waals surface area contributed by atoms with E-state index in [1.165, 1.54) is 0 Å². The first kappa shape index (κ1) is 18.3. The van der Waals surface area contributed by atoms with Gasteiger partial charge in [0.15, 0.2) is 0 Å². The largest absolute Gasteiger partial charge is 0.481 e. The summed E-state index contributed by atoms with van der Waals surface area (Å²) in [6, 6.07) is 9.87. The quantitative estimate of drug-likeness (QED) is 0.522. The fourth-order valence-corrected chi connectivity index (χ4v) is 2.47. The number of carboxylic acid groups (broad SMARTS) is 1. The zero-order valence-electron chi connectivity index (χ0n) is 13.5. The van der Waals surface area contributed by atoms with E-state index in [0.29, 0.717) is 6.61 Å². The van der Waals surface area contributed by atoms with Crippen molar-refractivity contribution in [3.63, 3.8) is 0 Å². The molecule has 0 aliphatic carbocycles. The Kier molecular flexibility index (Phi) is 8.32. The molecule has 22 heavy (non-hydrogen) atoms. The highest BCUT2D eigenvalue weighted by atomic mass is 16.5. The second-order valence-electron chi connectivity index (χ2n) is 5.65. The van der Waals surface area contributed by atoms with Crippen LogP contribution in [0.2, 0.25) is 0 Å².